The zero-order valence-electron chi connectivity index (χ0n) is 10.9. The molecule has 0 spiro atoms. The molecule has 0 fully saturated rings. The number of carbonyl (C=O) groups is 2. The maximum atomic E-state index is 11.8. The Morgan fingerprint density at radius 1 is 1.15 bits per heavy atom. The number of rotatable bonds is 7. The highest BCUT2D eigenvalue weighted by Crippen LogP contribution is 2.08. The van der Waals surface area contributed by atoms with Gasteiger partial charge in [0, 0.05) is 13.1 Å². The Bertz CT molecular complexity index is 598. The van der Waals surface area contributed by atoms with Crippen LogP contribution in [0.3, 0.4) is 0 Å². The van der Waals surface area contributed by atoms with Gasteiger partial charge in [-0.2, -0.15) is 0 Å². The highest BCUT2D eigenvalue weighted by molar-refractivity contribution is 7.88. The van der Waals surface area contributed by atoms with Gasteiger partial charge >= 0.3 is 5.97 Å². The van der Waals surface area contributed by atoms with E-state index < -0.39 is 21.9 Å². The third-order valence-corrected chi connectivity index (χ3v) is 3.13. The average Bonchev–Trinajstić information content (AvgIpc) is 2.36. The summed E-state index contributed by atoms with van der Waals surface area (Å²) in [4.78, 5) is 22.8. The van der Waals surface area contributed by atoms with Gasteiger partial charge in [-0.15, -0.1) is 0 Å². The van der Waals surface area contributed by atoms with Crippen molar-refractivity contribution in [2.75, 3.05) is 19.3 Å². The first-order valence-electron chi connectivity index (χ1n) is 5.86. The molecule has 7 nitrogen and oxygen atoms in total. The van der Waals surface area contributed by atoms with E-state index >= 15 is 0 Å². The van der Waals surface area contributed by atoms with Gasteiger partial charge in [-0.3, -0.25) is 4.79 Å². The number of benzene rings is 1. The molecule has 3 N–H and O–H groups in total. The van der Waals surface area contributed by atoms with Gasteiger partial charge in [-0.25, -0.2) is 17.9 Å². The second kappa shape index (κ2) is 7.01. The summed E-state index contributed by atoms with van der Waals surface area (Å²) in [5, 5.41) is 11.5. The fourth-order valence-corrected chi connectivity index (χ4v) is 2.03. The number of hydrogen-bond donors (Lipinski definition) is 3. The van der Waals surface area contributed by atoms with Gasteiger partial charge in [-0.05, 0) is 18.6 Å². The molecule has 0 bridgehead atoms. The summed E-state index contributed by atoms with van der Waals surface area (Å²) in [6.07, 6.45) is 1.46. The Hall–Kier alpha value is -1.93. The predicted molar refractivity (Wildman–Crippen MR) is 73.2 cm³/mol. The third-order valence-electron chi connectivity index (χ3n) is 2.41. The van der Waals surface area contributed by atoms with E-state index in [2.05, 4.69) is 10.0 Å². The summed E-state index contributed by atoms with van der Waals surface area (Å²) >= 11 is 0. The van der Waals surface area contributed by atoms with Crippen LogP contribution in [0, 0.1) is 0 Å². The Morgan fingerprint density at radius 2 is 1.75 bits per heavy atom. The van der Waals surface area contributed by atoms with E-state index in [0.717, 1.165) is 6.26 Å². The minimum atomic E-state index is -3.24. The Labute approximate surface area is 117 Å². The van der Waals surface area contributed by atoms with Crippen LogP contribution < -0.4 is 10.0 Å². The van der Waals surface area contributed by atoms with Gasteiger partial charge in [0.05, 0.1) is 17.4 Å². The van der Waals surface area contributed by atoms with Crippen LogP contribution in [-0.4, -0.2) is 44.7 Å². The normalized spacial score (nSPS) is 11.1. The summed E-state index contributed by atoms with van der Waals surface area (Å²) in [6, 6.07) is 5.89. The molecule has 20 heavy (non-hydrogen) atoms. The molecule has 110 valence electrons. The number of sulfonamides is 1. The van der Waals surface area contributed by atoms with E-state index in [1.54, 1.807) is 6.07 Å². The standard InChI is InChI=1S/C12H16N2O5S/c1-20(18,19)14-8-4-7-13-11(15)9-5-2-3-6-10(9)12(16)17/h2-3,5-6,14H,4,7-8H2,1H3,(H,13,15)(H,16,17). The molecule has 0 aromatic heterocycles. The fourth-order valence-electron chi connectivity index (χ4n) is 1.51. The second-order valence-electron chi connectivity index (χ2n) is 4.13. The molecule has 8 heteroatoms. The molecule has 0 saturated heterocycles. The molecule has 0 radical (unpaired) electrons. The molecule has 0 aliphatic heterocycles. The Balaban J connectivity index is 2.50. The van der Waals surface area contributed by atoms with Crippen LogP contribution in [0.4, 0.5) is 0 Å². The number of carboxylic acid groups (broad SMARTS) is 1. The second-order valence-corrected chi connectivity index (χ2v) is 5.96. The number of carbonyl (C=O) groups excluding carboxylic acids is 1. The molecular formula is C12H16N2O5S. The summed E-state index contributed by atoms with van der Waals surface area (Å²) in [7, 11) is -3.24. The van der Waals surface area contributed by atoms with Crippen LogP contribution in [0.5, 0.6) is 0 Å². The van der Waals surface area contributed by atoms with Crippen LogP contribution >= 0.6 is 0 Å². The topological polar surface area (TPSA) is 113 Å². The number of aromatic carboxylic acids is 1. The maximum Gasteiger partial charge on any atom is 0.336 e. The van der Waals surface area contributed by atoms with Crippen molar-refractivity contribution in [3.63, 3.8) is 0 Å². The van der Waals surface area contributed by atoms with Crippen molar-refractivity contribution in [1.82, 2.24) is 10.0 Å². The fraction of sp³-hybridized carbons (Fsp3) is 0.333. The van der Waals surface area contributed by atoms with E-state index in [-0.39, 0.29) is 24.2 Å². The quantitative estimate of drug-likeness (QED) is 0.616. The highest BCUT2D eigenvalue weighted by Gasteiger charge is 2.14. The molecule has 0 heterocycles. The first-order chi connectivity index (χ1) is 9.31. The lowest BCUT2D eigenvalue weighted by atomic mass is 10.1. The molecule has 1 rings (SSSR count). The molecular weight excluding hydrogens is 284 g/mol. The minimum Gasteiger partial charge on any atom is -0.478 e. The number of hydrogen-bond acceptors (Lipinski definition) is 4. The molecule has 1 aromatic rings. The van der Waals surface area contributed by atoms with Gasteiger partial charge in [0.25, 0.3) is 5.91 Å². The van der Waals surface area contributed by atoms with E-state index in [1.807, 2.05) is 0 Å². The molecule has 1 aromatic carbocycles. The van der Waals surface area contributed by atoms with Crippen molar-refractivity contribution in [1.29, 1.82) is 0 Å². The van der Waals surface area contributed by atoms with Crippen molar-refractivity contribution in [3.8, 4) is 0 Å². The monoisotopic (exact) mass is 300 g/mol. The first-order valence-corrected chi connectivity index (χ1v) is 7.75. The highest BCUT2D eigenvalue weighted by atomic mass is 32.2. The minimum absolute atomic E-state index is 0.0701. The van der Waals surface area contributed by atoms with Gasteiger partial charge < -0.3 is 10.4 Å². The van der Waals surface area contributed by atoms with Crippen LogP contribution in [0.2, 0.25) is 0 Å². The lowest BCUT2D eigenvalue weighted by molar-refractivity contribution is 0.0691. The van der Waals surface area contributed by atoms with Crippen molar-refractivity contribution >= 4 is 21.9 Å². The number of carboxylic acids is 1. The average molecular weight is 300 g/mol. The summed E-state index contributed by atoms with van der Waals surface area (Å²) < 4.78 is 23.9. The maximum absolute atomic E-state index is 11.8. The van der Waals surface area contributed by atoms with E-state index in [1.165, 1.54) is 18.2 Å². The van der Waals surface area contributed by atoms with E-state index in [4.69, 9.17) is 5.11 Å². The summed E-state index contributed by atoms with van der Waals surface area (Å²) in [5.74, 6) is -1.67. The van der Waals surface area contributed by atoms with Gasteiger partial charge in [-0.1, -0.05) is 12.1 Å². The first kappa shape index (κ1) is 16.1. The summed E-state index contributed by atoms with van der Waals surface area (Å²) in [6.45, 7) is 0.453. The number of amides is 1. The lowest BCUT2D eigenvalue weighted by Gasteiger charge is -2.07. The Kier molecular flexibility index (Phi) is 5.66. The van der Waals surface area contributed by atoms with Crippen LogP contribution in [-0.2, 0) is 10.0 Å². The van der Waals surface area contributed by atoms with Crippen LogP contribution in [0.1, 0.15) is 27.1 Å². The van der Waals surface area contributed by atoms with E-state index in [9.17, 15) is 18.0 Å². The zero-order chi connectivity index (χ0) is 15.2. The van der Waals surface area contributed by atoms with E-state index in [0.29, 0.717) is 6.42 Å². The molecule has 0 unspecified atom stereocenters. The van der Waals surface area contributed by atoms with Crippen LogP contribution in [0.25, 0.3) is 0 Å². The summed E-state index contributed by atoms with van der Waals surface area (Å²) in [5.41, 5.74) is 0.00957. The van der Waals surface area contributed by atoms with Crippen molar-refractivity contribution < 1.29 is 23.1 Å². The molecule has 0 atom stereocenters. The van der Waals surface area contributed by atoms with Crippen molar-refractivity contribution in [2.24, 2.45) is 0 Å². The smallest absolute Gasteiger partial charge is 0.336 e. The van der Waals surface area contributed by atoms with Crippen molar-refractivity contribution in [2.45, 2.75) is 6.42 Å². The van der Waals surface area contributed by atoms with Gasteiger partial charge in [0.1, 0.15) is 0 Å². The zero-order valence-corrected chi connectivity index (χ0v) is 11.7. The molecule has 0 aliphatic carbocycles. The lowest BCUT2D eigenvalue weighted by Crippen LogP contribution is -2.30. The Morgan fingerprint density at radius 3 is 2.30 bits per heavy atom. The van der Waals surface area contributed by atoms with Crippen LogP contribution in [0.15, 0.2) is 24.3 Å². The van der Waals surface area contributed by atoms with Gasteiger partial charge in [0.2, 0.25) is 10.0 Å². The van der Waals surface area contributed by atoms with Crippen molar-refractivity contribution in [3.05, 3.63) is 35.4 Å². The third kappa shape index (κ3) is 5.37. The molecule has 1 amide bonds. The molecule has 0 aliphatic rings. The predicted octanol–water partition coefficient (Wildman–Crippen LogP) is 0.0539. The molecule has 0 saturated carbocycles. The largest absolute Gasteiger partial charge is 0.478 e. The van der Waals surface area contributed by atoms with Gasteiger partial charge in [0.15, 0.2) is 0 Å². The number of nitrogens with one attached hydrogen (secondary N) is 2. The SMILES string of the molecule is CS(=O)(=O)NCCCNC(=O)c1ccccc1C(=O)O.